The van der Waals surface area contributed by atoms with Crippen molar-refractivity contribution < 1.29 is 4.79 Å². The molecular formula is C20H26Cl2N6O. The van der Waals surface area contributed by atoms with Crippen LogP contribution in [-0.4, -0.2) is 56.5 Å². The van der Waals surface area contributed by atoms with E-state index >= 15 is 0 Å². The number of carbonyl (C=O) groups excluding carboxylic acids is 1. The van der Waals surface area contributed by atoms with Crippen molar-refractivity contribution in [3.8, 4) is 5.69 Å². The van der Waals surface area contributed by atoms with Crippen LogP contribution in [0.25, 0.3) is 16.6 Å². The molecule has 1 saturated heterocycles. The lowest BCUT2D eigenvalue weighted by molar-refractivity contribution is 0.0685. The van der Waals surface area contributed by atoms with Gasteiger partial charge in [-0.3, -0.25) is 9.78 Å². The van der Waals surface area contributed by atoms with E-state index in [1.54, 1.807) is 10.9 Å². The van der Waals surface area contributed by atoms with Crippen molar-refractivity contribution in [2.45, 2.75) is 32.7 Å². The number of fused-ring (bicyclic) bond motifs is 1. The number of pyridine rings is 1. The second-order valence-electron chi connectivity index (χ2n) is 6.96. The van der Waals surface area contributed by atoms with Crippen LogP contribution in [0.1, 0.15) is 35.9 Å². The van der Waals surface area contributed by atoms with E-state index in [0.29, 0.717) is 5.69 Å². The molecule has 7 nitrogen and oxygen atoms in total. The number of nitrogens with zero attached hydrogens (tertiary/aromatic N) is 5. The summed E-state index contributed by atoms with van der Waals surface area (Å²) in [5, 5.41) is 12.9. The van der Waals surface area contributed by atoms with Gasteiger partial charge in [0.2, 0.25) is 0 Å². The number of carbonyl (C=O) groups is 1. The highest BCUT2D eigenvalue weighted by atomic mass is 35.5. The minimum atomic E-state index is -0.0308. The Morgan fingerprint density at radius 1 is 1.31 bits per heavy atom. The number of nitrogens with one attached hydrogen (secondary N) is 1. The smallest absolute Gasteiger partial charge is 0.276 e. The van der Waals surface area contributed by atoms with E-state index in [1.165, 1.54) is 0 Å². The summed E-state index contributed by atoms with van der Waals surface area (Å²) in [6.45, 7) is 6.53. The SMILES string of the molecule is CCCN(C(=O)c1nnn(-c2ccc3ncccc3c2)c1C)C1CCNC1.Cl.Cl. The van der Waals surface area contributed by atoms with Crippen molar-refractivity contribution in [1.29, 1.82) is 0 Å². The maximum atomic E-state index is 13.2. The third kappa shape index (κ3) is 4.52. The first-order valence-corrected chi connectivity index (χ1v) is 9.48. The molecule has 1 aliphatic heterocycles. The maximum Gasteiger partial charge on any atom is 0.276 e. The molecule has 0 radical (unpaired) electrons. The molecule has 29 heavy (non-hydrogen) atoms. The largest absolute Gasteiger partial charge is 0.333 e. The molecule has 1 unspecified atom stereocenters. The minimum Gasteiger partial charge on any atom is -0.333 e. The first-order valence-electron chi connectivity index (χ1n) is 9.48. The molecular weight excluding hydrogens is 411 g/mol. The summed E-state index contributed by atoms with van der Waals surface area (Å²) in [7, 11) is 0. The van der Waals surface area contributed by atoms with Gasteiger partial charge in [0.05, 0.1) is 16.9 Å². The van der Waals surface area contributed by atoms with E-state index in [9.17, 15) is 4.79 Å². The molecule has 1 aliphatic rings. The van der Waals surface area contributed by atoms with Crippen molar-refractivity contribution in [3.63, 3.8) is 0 Å². The molecule has 3 aromatic rings. The lowest BCUT2D eigenvalue weighted by Gasteiger charge is -2.27. The molecule has 2 aromatic heterocycles. The summed E-state index contributed by atoms with van der Waals surface area (Å²) < 4.78 is 1.73. The lowest BCUT2D eigenvalue weighted by Crippen LogP contribution is -2.42. The van der Waals surface area contributed by atoms with E-state index < -0.39 is 0 Å². The zero-order valence-electron chi connectivity index (χ0n) is 16.5. The molecule has 1 aromatic carbocycles. The van der Waals surface area contributed by atoms with Crippen LogP contribution >= 0.6 is 24.8 Å². The molecule has 1 N–H and O–H groups in total. The Morgan fingerprint density at radius 3 is 2.86 bits per heavy atom. The highest BCUT2D eigenvalue weighted by molar-refractivity contribution is 5.93. The number of benzene rings is 1. The zero-order valence-corrected chi connectivity index (χ0v) is 18.2. The predicted molar refractivity (Wildman–Crippen MR) is 118 cm³/mol. The Bertz CT molecular complexity index is 971. The van der Waals surface area contributed by atoms with Crippen molar-refractivity contribution in [2.75, 3.05) is 19.6 Å². The van der Waals surface area contributed by atoms with Gasteiger partial charge in [0.15, 0.2) is 5.69 Å². The molecule has 0 aliphatic carbocycles. The number of amides is 1. The summed E-state index contributed by atoms with van der Waals surface area (Å²) >= 11 is 0. The molecule has 0 spiro atoms. The highest BCUT2D eigenvalue weighted by Gasteiger charge is 2.30. The molecule has 0 bridgehead atoms. The fourth-order valence-corrected chi connectivity index (χ4v) is 3.70. The predicted octanol–water partition coefficient (Wildman–Crippen LogP) is 3.18. The van der Waals surface area contributed by atoms with E-state index in [1.807, 2.05) is 42.2 Å². The summed E-state index contributed by atoms with van der Waals surface area (Å²) in [6, 6.07) is 10.1. The number of rotatable bonds is 5. The van der Waals surface area contributed by atoms with Gasteiger partial charge in [-0.1, -0.05) is 18.2 Å². The van der Waals surface area contributed by atoms with Gasteiger partial charge in [0.1, 0.15) is 0 Å². The molecule has 1 atom stereocenters. The Labute approximate surface area is 182 Å². The van der Waals surface area contributed by atoms with Gasteiger partial charge in [-0.15, -0.1) is 29.9 Å². The van der Waals surface area contributed by atoms with Crippen LogP contribution in [0.2, 0.25) is 0 Å². The van der Waals surface area contributed by atoms with E-state index in [2.05, 4.69) is 27.5 Å². The van der Waals surface area contributed by atoms with Gasteiger partial charge in [0.25, 0.3) is 5.91 Å². The second kappa shape index (κ2) is 10.0. The summed E-state index contributed by atoms with van der Waals surface area (Å²) in [5.41, 5.74) is 3.00. The van der Waals surface area contributed by atoms with Crippen LogP contribution < -0.4 is 5.32 Å². The fourth-order valence-electron chi connectivity index (χ4n) is 3.70. The van der Waals surface area contributed by atoms with Crippen molar-refractivity contribution in [1.82, 2.24) is 30.2 Å². The average Bonchev–Trinajstić information content (AvgIpc) is 3.35. The van der Waals surface area contributed by atoms with Gasteiger partial charge in [-0.2, -0.15) is 0 Å². The molecule has 156 valence electrons. The van der Waals surface area contributed by atoms with E-state index in [0.717, 1.165) is 54.8 Å². The molecule has 1 amide bonds. The first kappa shape index (κ1) is 23.1. The van der Waals surface area contributed by atoms with Crippen LogP contribution in [-0.2, 0) is 0 Å². The van der Waals surface area contributed by atoms with Crippen LogP contribution in [0.15, 0.2) is 36.5 Å². The molecule has 1 fully saturated rings. The molecule has 0 saturated carbocycles. The molecule has 9 heteroatoms. The Kier molecular flexibility index (Phi) is 7.96. The number of aromatic nitrogens is 4. The van der Waals surface area contributed by atoms with Crippen LogP contribution in [0.5, 0.6) is 0 Å². The van der Waals surface area contributed by atoms with E-state index in [4.69, 9.17) is 0 Å². The van der Waals surface area contributed by atoms with Crippen molar-refractivity contribution >= 4 is 41.6 Å². The van der Waals surface area contributed by atoms with Gasteiger partial charge in [-0.05, 0) is 50.6 Å². The third-order valence-electron chi connectivity index (χ3n) is 5.13. The normalized spacial score (nSPS) is 15.6. The zero-order chi connectivity index (χ0) is 18.8. The maximum absolute atomic E-state index is 13.2. The number of hydrogen-bond acceptors (Lipinski definition) is 5. The Hall–Kier alpha value is -2.22. The summed E-state index contributed by atoms with van der Waals surface area (Å²) in [6.07, 6.45) is 3.68. The minimum absolute atomic E-state index is 0. The van der Waals surface area contributed by atoms with E-state index in [-0.39, 0.29) is 36.8 Å². The highest BCUT2D eigenvalue weighted by Crippen LogP contribution is 2.20. The van der Waals surface area contributed by atoms with Gasteiger partial charge in [-0.25, -0.2) is 4.68 Å². The lowest BCUT2D eigenvalue weighted by atomic mass is 10.1. The Morgan fingerprint density at radius 2 is 2.14 bits per heavy atom. The average molecular weight is 437 g/mol. The fraction of sp³-hybridized carbons (Fsp3) is 0.400. The standard InChI is InChI=1S/C20H24N6O.2ClH/c1-3-11-25(17-8-10-21-13-17)20(27)19-14(2)26(24-23-19)16-6-7-18-15(12-16)5-4-9-22-18;;/h4-7,9,12,17,21H,3,8,10-11,13H2,1-2H3;2*1H. The second-order valence-corrected chi connectivity index (χ2v) is 6.96. The van der Waals surface area contributed by atoms with Crippen molar-refractivity contribution in [3.05, 3.63) is 47.9 Å². The summed E-state index contributed by atoms with van der Waals surface area (Å²) in [4.78, 5) is 19.5. The monoisotopic (exact) mass is 436 g/mol. The number of halogens is 2. The van der Waals surface area contributed by atoms with Gasteiger partial charge < -0.3 is 10.2 Å². The first-order chi connectivity index (χ1) is 13.2. The summed E-state index contributed by atoms with van der Waals surface area (Å²) in [5.74, 6) is -0.0308. The van der Waals surface area contributed by atoms with Gasteiger partial charge in [0, 0.05) is 30.7 Å². The quantitative estimate of drug-likeness (QED) is 0.664. The van der Waals surface area contributed by atoms with Crippen LogP contribution in [0, 0.1) is 6.92 Å². The van der Waals surface area contributed by atoms with Crippen molar-refractivity contribution in [2.24, 2.45) is 0 Å². The Balaban J connectivity index is 0.00000150. The van der Waals surface area contributed by atoms with Crippen LogP contribution in [0.4, 0.5) is 0 Å². The topological polar surface area (TPSA) is 75.9 Å². The third-order valence-corrected chi connectivity index (χ3v) is 5.13. The van der Waals surface area contributed by atoms with Gasteiger partial charge >= 0.3 is 0 Å². The number of hydrogen-bond donors (Lipinski definition) is 1. The molecule has 4 rings (SSSR count). The van der Waals surface area contributed by atoms with Crippen LogP contribution in [0.3, 0.4) is 0 Å². The molecule has 3 heterocycles.